The molecule has 0 aliphatic rings. The lowest BCUT2D eigenvalue weighted by atomic mass is 10.1. The highest BCUT2D eigenvalue weighted by atomic mass is 32.2. The largest absolute Gasteiger partial charge is 0.325 e. The van der Waals surface area contributed by atoms with Gasteiger partial charge >= 0.3 is 0 Å². The Balaban J connectivity index is 2.22. The molecule has 0 aliphatic heterocycles. The number of hydrogen-bond acceptors (Lipinski definition) is 4. The van der Waals surface area contributed by atoms with Gasteiger partial charge in [-0.3, -0.25) is 9.10 Å². The van der Waals surface area contributed by atoms with Gasteiger partial charge in [0.1, 0.15) is 6.07 Å². The van der Waals surface area contributed by atoms with E-state index in [9.17, 15) is 13.2 Å². The van der Waals surface area contributed by atoms with Crippen LogP contribution in [0.15, 0.2) is 36.4 Å². The standard InChI is InChI=1S/C20H23N3O3S/c1-14-11-15(2)20(16(3)12-14)23(27(4,25)26)10-9-19(24)22-18-8-6-5-7-17(18)13-21/h5-8,11-12H,9-10H2,1-4H3,(H,22,24). The zero-order valence-electron chi connectivity index (χ0n) is 15.9. The first-order valence-electron chi connectivity index (χ1n) is 8.48. The smallest absolute Gasteiger partial charge is 0.232 e. The minimum absolute atomic E-state index is 0.0180. The zero-order valence-corrected chi connectivity index (χ0v) is 16.7. The van der Waals surface area contributed by atoms with Crippen LogP contribution in [0.1, 0.15) is 28.7 Å². The van der Waals surface area contributed by atoms with Crippen LogP contribution in [0, 0.1) is 32.1 Å². The number of sulfonamides is 1. The van der Waals surface area contributed by atoms with Gasteiger partial charge in [-0.2, -0.15) is 5.26 Å². The summed E-state index contributed by atoms with van der Waals surface area (Å²) in [6.45, 7) is 5.69. The summed E-state index contributed by atoms with van der Waals surface area (Å²) in [5.74, 6) is -0.353. The highest BCUT2D eigenvalue weighted by Crippen LogP contribution is 2.28. The van der Waals surface area contributed by atoms with Gasteiger partial charge in [0.25, 0.3) is 0 Å². The van der Waals surface area contributed by atoms with E-state index in [2.05, 4.69) is 5.32 Å². The Bertz CT molecular complexity index is 984. The van der Waals surface area contributed by atoms with Crippen LogP contribution in [-0.2, 0) is 14.8 Å². The van der Waals surface area contributed by atoms with E-state index in [4.69, 9.17) is 5.26 Å². The number of carbonyl (C=O) groups excluding carboxylic acids is 1. The van der Waals surface area contributed by atoms with Crippen LogP contribution in [0.25, 0.3) is 0 Å². The number of para-hydroxylation sites is 1. The first kappa shape index (κ1) is 20.5. The molecule has 0 saturated carbocycles. The van der Waals surface area contributed by atoms with Gasteiger partial charge in [0.2, 0.25) is 15.9 Å². The molecule has 0 radical (unpaired) electrons. The molecule has 2 aromatic carbocycles. The van der Waals surface area contributed by atoms with Crippen molar-refractivity contribution in [3.63, 3.8) is 0 Å². The molecule has 0 spiro atoms. The third-order valence-electron chi connectivity index (χ3n) is 4.15. The first-order valence-corrected chi connectivity index (χ1v) is 10.3. The molecule has 142 valence electrons. The van der Waals surface area contributed by atoms with Crippen LogP contribution in [0.2, 0.25) is 0 Å². The molecule has 0 saturated heterocycles. The van der Waals surface area contributed by atoms with E-state index in [1.165, 1.54) is 4.31 Å². The van der Waals surface area contributed by atoms with E-state index in [0.717, 1.165) is 22.9 Å². The molecule has 0 fully saturated rings. The first-order chi connectivity index (χ1) is 12.6. The number of nitrogens with zero attached hydrogens (tertiary/aromatic N) is 2. The summed E-state index contributed by atoms with van der Waals surface area (Å²) in [6.07, 6.45) is 1.11. The van der Waals surface area contributed by atoms with Crippen molar-refractivity contribution < 1.29 is 13.2 Å². The number of amides is 1. The third-order valence-corrected chi connectivity index (χ3v) is 5.31. The molecule has 2 aromatic rings. The van der Waals surface area contributed by atoms with Crippen molar-refractivity contribution in [3.8, 4) is 6.07 Å². The summed E-state index contributed by atoms with van der Waals surface area (Å²) in [6, 6.07) is 12.5. The summed E-state index contributed by atoms with van der Waals surface area (Å²) in [5, 5.41) is 11.8. The van der Waals surface area contributed by atoms with Gasteiger partial charge in [-0.1, -0.05) is 29.8 Å². The van der Waals surface area contributed by atoms with Crippen molar-refractivity contribution >= 4 is 27.3 Å². The lowest BCUT2D eigenvalue weighted by molar-refractivity contribution is -0.116. The summed E-state index contributed by atoms with van der Waals surface area (Å²) in [4.78, 5) is 12.3. The van der Waals surface area contributed by atoms with E-state index in [-0.39, 0.29) is 18.9 Å². The second-order valence-corrected chi connectivity index (χ2v) is 8.44. The number of carbonyl (C=O) groups is 1. The number of nitriles is 1. The van der Waals surface area contributed by atoms with Gasteiger partial charge in [0.15, 0.2) is 0 Å². The molecule has 6 nitrogen and oxygen atoms in total. The molecule has 7 heteroatoms. The Morgan fingerprint density at radius 1 is 1.15 bits per heavy atom. The van der Waals surface area contributed by atoms with E-state index in [0.29, 0.717) is 16.9 Å². The third kappa shape index (κ3) is 5.08. The second kappa shape index (κ2) is 8.23. The van der Waals surface area contributed by atoms with Gasteiger partial charge < -0.3 is 5.32 Å². The monoisotopic (exact) mass is 385 g/mol. The van der Waals surface area contributed by atoms with Gasteiger partial charge in [-0.05, 0) is 44.0 Å². The van der Waals surface area contributed by atoms with Crippen LogP contribution in [0.3, 0.4) is 0 Å². The Hall–Kier alpha value is -2.85. The SMILES string of the molecule is Cc1cc(C)c(N(CCC(=O)Nc2ccccc2C#N)S(C)(=O)=O)c(C)c1. The molecule has 27 heavy (non-hydrogen) atoms. The highest BCUT2D eigenvalue weighted by Gasteiger charge is 2.22. The fraction of sp³-hybridized carbons (Fsp3) is 0.300. The molecule has 0 unspecified atom stereocenters. The number of benzene rings is 2. The molecule has 1 N–H and O–H groups in total. The molecular formula is C20H23N3O3S. The molecule has 1 amide bonds. The summed E-state index contributed by atoms with van der Waals surface area (Å²) in [5.41, 5.74) is 4.11. The fourth-order valence-corrected chi connectivity index (χ4v) is 4.16. The Kier molecular flexibility index (Phi) is 6.24. The summed E-state index contributed by atoms with van der Waals surface area (Å²) >= 11 is 0. The van der Waals surface area contributed by atoms with Crippen LogP contribution in [0.5, 0.6) is 0 Å². The van der Waals surface area contributed by atoms with E-state index in [1.807, 2.05) is 39.0 Å². The van der Waals surface area contributed by atoms with Crippen LogP contribution >= 0.6 is 0 Å². The fourth-order valence-electron chi connectivity index (χ4n) is 3.11. The van der Waals surface area contributed by atoms with Crippen LogP contribution in [0.4, 0.5) is 11.4 Å². The number of rotatable bonds is 6. The molecule has 0 bridgehead atoms. The van der Waals surface area contributed by atoms with Crippen LogP contribution in [-0.4, -0.2) is 27.1 Å². The average molecular weight is 385 g/mol. The maximum atomic E-state index is 12.3. The number of nitrogens with one attached hydrogen (secondary N) is 1. The maximum Gasteiger partial charge on any atom is 0.232 e. The van der Waals surface area contributed by atoms with Gasteiger partial charge in [0.05, 0.1) is 23.2 Å². The zero-order chi connectivity index (χ0) is 20.2. The van der Waals surface area contributed by atoms with Crippen molar-refractivity contribution in [1.82, 2.24) is 0 Å². The minimum atomic E-state index is -3.56. The molecular weight excluding hydrogens is 362 g/mol. The van der Waals surface area contributed by atoms with Gasteiger partial charge in [-0.15, -0.1) is 0 Å². The number of anilines is 2. The van der Waals surface area contributed by atoms with Crippen molar-refractivity contribution in [1.29, 1.82) is 5.26 Å². The van der Waals surface area contributed by atoms with E-state index in [1.54, 1.807) is 24.3 Å². The summed E-state index contributed by atoms with van der Waals surface area (Å²) in [7, 11) is -3.56. The normalized spacial score (nSPS) is 10.9. The summed E-state index contributed by atoms with van der Waals surface area (Å²) < 4.78 is 26.0. The predicted molar refractivity (Wildman–Crippen MR) is 107 cm³/mol. The Morgan fingerprint density at radius 2 is 1.74 bits per heavy atom. The average Bonchev–Trinajstić information content (AvgIpc) is 2.56. The van der Waals surface area contributed by atoms with Gasteiger partial charge in [0, 0.05) is 13.0 Å². The lowest BCUT2D eigenvalue weighted by Crippen LogP contribution is -2.34. The van der Waals surface area contributed by atoms with Crippen molar-refractivity contribution in [3.05, 3.63) is 58.7 Å². The Morgan fingerprint density at radius 3 is 2.30 bits per heavy atom. The molecule has 2 rings (SSSR count). The molecule has 0 aromatic heterocycles. The van der Waals surface area contributed by atoms with Crippen molar-refractivity contribution in [2.45, 2.75) is 27.2 Å². The predicted octanol–water partition coefficient (Wildman–Crippen LogP) is 3.28. The maximum absolute atomic E-state index is 12.3. The molecule has 0 heterocycles. The van der Waals surface area contributed by atoms with Crippen molar-refractivity contribution in [2.24, 2.45) is 0 Å². The number of hydrogen-bond donors (Lipinski definition) is 1. The minimum Gasteiger partial charge on any atom is -0.325 e. The second-order valence-electron chi connectivity index (χ2n) is 6.54. The van der Waals surface area contributed by atoms with Crippen molar-refractivity contribution in [2.75, 3.05) is 22.4 Å². The molecule has 0 atom stereocenters. The van der Waals surface area contributed by atoms with E-state index < -0.39 is 10.0 Å². The topological polar surface area (TPSA) is 90.3 Å². The Labute approximate surface area is 160 Å². The van der Waals surface area contributed by atoms with Gasteiger partial charge in [-0.25, -0.2) is 8.42 Å². The molecule has 0 aliphatic carbocycles. The van der Waals surface area contributed by atoms with Crippen LogP contribution < -0.4 is 9.62 Å². The lowest BCUT2D eigenvalue weighted by Gasteiger charge is -2.26. The van der Waals surface area contributed by atoms with E-state index >= 15 is 0 Å². The highest BCUT2D eigenvalue weighted by molar-refractivity contribution is 7.92. The number of aryl methyl sites for hydroxylation is 3. The quantitative estimate of drug-likeness (QED) is 0.826.